The van der Waals surface area contributed by atoms with E-state index in [9.17, 15) is 13.2 Å². The molecule has 1 aromatic rings. The standard InChI is InChI=1S/C11H12O4S/c12-11(13)9-2-1-3-10(6-9)16(14,15)7-8-4-5-8/h1-3,6,8H,4-5,7H2,(H,12,13). The Bertz CT molecular complexity index is 515. The first-order chi connectivity index (χ1) is 7.49. The fourth-order valence-electron chi connectivity index (χ4n) is 1.51. The van der Waals surface area contributed by atoms with Crippen molar-refractivity contribution in [2.24, 2.45) is 5.92 Å². The van der Waals surface area contributed by atoms with E-state index >= 15 is 0 Å². The van der Waals surface area contributed by atoms with E-state index in [1.165, 1.54) is 24.3 Å². The molecule has 1 aromatic carbocycles. The van der Waals surface area contributed by atoms with E-state index in [0.29, 0.717) is 0 Å². The van der Waals surface area contributed by atoms with Gasteiger partial charge in [-0.3, -0.25) is 0 Å². The van der Waals surface area contributed by atoms with Gasteiger partial charge < -0.3 is 5.11 Å². The molecule has 0 aliphatic heterocycles. The molecule has 0 aromatic heterocycles. The molecule has 86 valence electrons. The van der Waals surface area contributed by atoms with E-state index < -0.39 is 15.8 Å². The Balaban J connectivity index is 2.31. The minimum absolute atomic E-state index is 0.0110. The summed E-state index contributed by atoms with van der Waals surface area (Å²) in [6.07, 6.45) is 1.91. The van der Waals surface area contributed by atoms with Crippen LogP contribution in [0.2, 0.25) is 0 Å². The molecule has 1 fully saturated rings. The van der Waals surface area contributed by atoms with E-state index in [4.69, 9.17) is 5.11 Å². The lowest BCUT2D eigenvalue weighted by atomic mass is 10.2. The first kappa shape index (κ1) is 11.1. The SMILES string of the molecule is O=C(O)c1cccc(S(=O)(=O)CC2CC2)c1. The van der Waals surface area contributed by atoms with Gasteiger partial charge in [0.15, 0.2) is 9.84 Å². The van der Waals surface area contributed by atoms with Gasteiger partial charge in [-0.05, 0) is 37.0 Å². The lowest BCUT2D eigenvalue weighted by Crippen LogP contribution is -2.09. The first-order valence-electron chi connectivity index (χ1n) is 5.05. The van der Waals surface area contributed by atoms with E-state index in [2.05, 4.69) is 0 Å². The van der Waals surface area contributed by atoms with Gasteiger partial charge in [-0.25, -0.2) is 13.2 Å². The Kier molecular flexibility index (Phi) is 2.71. The Labute approximate surface area is 93.8 Å². The number of rotatable bonds is 4. The number of sulfone groups is 1. The van der Waals surface area contributed by atoms with Crippen molar-refractivity contribution in [3.8, 4) is 0 Å². The van der Waals surface area contributed by atoms with Crippen molar-refractivity contribution in [1.29, 1.82) is 0 Å². The third kappa shape index (κ3) is 2.41. The number of carboxylic acid groups (broad SMARTS) is 1. The molecule has 0 bridgehead atoms. The van der Waals surface area contributed by atoms with Gasteiger partial charge in [0.25, 0.3) is 0 Å². The highest BCUT2D eigenvalue weighted by molar-refractivity contribution is 7.91. The molecule has 0 radical (unpaired) electrons. The summed E-state index contributed by atoms with van der Waals surface area (Å²) in [5.41, 5.74) is 0.0110. The fourth-order valence-corrected chi connectivity index (χ4v) is 3.25. The zero-order valence-corrected chi connectivity index (χ0v) is 9.40. The van der Waals surface area contributed by atoms with Crippen LogP contribution in [0.15, 0.2) is 29.2 Å². The van der Waals surface area contributed by atoms with Gasteiger partial charge in [0.05, 0.1) is 16.2 Å². The summed E-state index contributed by atoms with van der Waals surface area (Å²) >= 11 is 0. The summed E-state index contributed by atoms with van der Waals surface area (Å²) in [6.45, 7) is 0. The number of aromatic carboxylic acids is 1. The fraction of sp³-hybridized carbons (Fsp3) is 0.364. The van der Waals surface area contributed by atoms with Crippen molar-refractivity contribution in [3.63, 3.8) is 0 Å². The Morgan fingerprint density at radius 3 is 2.62 bits per heavy atom. The smallest absolute Gasteiger partial charge is 0.335 e. The second-order valence-corrected chi connectivity index (χ2v) is 6.09. The van der Waals surface area contributed by atoms with Crippen LogP contribution < -0.4 is 0 Å². The van der Waals surface area contributed by atoms with Crippen LogP contribution in [0.25, 0.3) is 0 Å². The van der Waals surface area contributed by atoms with Crippen molar-refractivity contribution < 1.29 is 18.3 Å². The quantitative estimate of drug-likeness (QED) is 0.867. The van der Waals surface area contributed by atoms with Crippen LogP contribution in [-0.4, -0.2) is 25.2 Å². The van der Waals surface area contributed by atoms with Crippen molar-refractivity contribution in [2.75, 3.05) is 5.75 Å². The maximum atomic E-state index is 11.9. The number of carbonyl (C=O) groups is 1. The second kappa shape index (κ2) is 3.90. The molecular weight excluding hydrogens is 228 g/mol. The summed E-state index contributed by atoms with van der Waals surface area (Å²) in [4.78, 5) is 10.8. The minimum Gasteiger partial charge on any atom is -0.478 e. The van der Waals surface area contributed by atoms with Gasteiger partial charge in [0.1, 0.15) is 0 Å². The van der Waals surface area contributed by atoms with Crippen LogP contribution in [0.3, 0.4) is 0 Å². The lowest BCUT2D eigenvalue weighted by Gasteiger charge is -2.04. The summed E-state index contributed by atoms with van der Waals surface area (Å²) in [5, 5.41) is 8.77. The summed E-state index contributed by atoms with van der Waals surface area (Å²) in [6, 6.07) is 5.52. The molecule has 1 saturated carbocycles. The molecular formula is C11H12O4S. The minimum atomic E-state index is -3.32. The van der Waals surface area contributed by atoms with Crippen molar-refractivity contribution in [2.45, 2.75) is 17.7 Å². The van der Waals surface area contributed by atoms with Gasteiger partial charge in [-0.2, -0.15) is 0 Å². The maximum absolute atomic E-state index is 11.9. The molecule has 4 nitrogen and oxygen atoms in total. The maximum Gasteiger partial charge on any atom is 0.335 e. The zero-order chi connectivity index (χ0) is 11.8. The van der Waals surface area contributed by atoms with Crippen LogP contribution in [0, 0.1) is 5.92 Å². The van der Waals surface area contributed by atoms with Crippen molar-refractivity contribution in [1.82, 2.24) is 0 Å². The molecule has 0 amide bonds. The van der Waals surface area contributed by atoms with Crippen LogP contribution in [-0.2, 0) is 9.84 Å². The number of benzene rings is 1. The molecule has 1 N–H and O–H groups in total. The van der Waals surface area contributed by atoms with E-state index in [1.54, 1.807) is 0 Å². The van der Waals surface area contributed by atoms with E-state index in [-0.39, 0.29) is 22.1 Å². The highest BCUT2D eigenvalue weighted by atomic mass is 32.2. The van der Waals surface area contributed by atoms with Crippen molar-refractivity contribution in [3.05, 3.63) is 29.8 Å². The van der Waals surface area contributed by atoms with Gasteiger partial charge in [-0.1, -0.05) is 6.07 Å². The predicted molar refractivity (Wildman–Crippen MR) is 58.2 cm³/mol. The molecule has 1 aliphatic rings. The largest absolute Gasteiger partial charge is 0.478 e. The number of hydrogen-bond donors (Lipinski definition) is 1. The molecule has 16 heavy (non-hydrogen) atoms. The van der Waals surface area contributed by atoms with E-state index in [0.717, 1.165) is 12.8 Å². The number of hydrogen-bond acceptors (Lipinski definition) is 3. The first-order valence-corrected chi connectivity index (χ1v) is 6.70. The Hall–Kier alpha value is -1.36. The number of carboxylic acids is 1. The second-order valence-electron chi connectivity index (χ2n) is 4.06. The topological polar surface area (TPSA) is 71.4 Å². The molecule has 1 aliphatic carbocycles. The highest BCUT2D eigenvalue weighted by Crippen LogP contribution is 2.32. The Morgan fingerprint density at radius 2 is 2.06 bits per heavy atom. The molecule has 0 saturated heterocycles. The predicted octanol–water partition coefficient (Wildman–Crippen LogP) is 1.57. The van der Waals surface area contributed by atoms with Crippen LogP contribution in [0.5, 0.6) is 0 Å². The summed E-state index contributed by atoms with van der Waals surface area (Å²) in [7, 11) is -3.32. The summed E-state index contributed by atoms with van der Waals surface area (Å²) in [5.74, 6) is -0.710. The molecule has 2 rings (SSSR count). The van der Waals surface area contributed by atoms with Crippen molar-refractivity contribution >= 4 is 15.8 Å². The molecule has 0 spiro atoms. The molecule has 0 heterocycles. The molecule has 0 unspecified atom stereocenters. The lowest BCUT2D eigenvalue weighted by molar-refractivity contribution is 0.0696. The normalized spacial score (nSPS) is 16.0. The van der Waals surface area contributed by atoms with E-state index in [1.807, 2.05) is 0 Å². The van der Waals surface area contributed by atoms with Gasteiger partial charge in [0, 0.05) is 0 Å². The third-order valence-corrected chi connectivity index (χ3v) is 4.47. The van der Waals surface area contributed by atoms with Gasteiger partial charge in [0.2, 0.25) is 0 Å². The monoisotopic (exact) mass is 240 g/mol. The average molecular weight is 240 g/mol. The average Bonchev–Trinajstić information content (AvgIpc) is 3.01. The van der Waals surface area contributed by atoms with Crippen LogP contribution in [0.4, 0.5) is 0 Å². The zero-order valence-electron chi connectivity index (χ0n) is 8.59. The van der Waals surface area contributed by atoms with Gasteiger partial charge in [-0.15, -0.1) is 0 Å². The summed E-state index contributed by atoms with van der Waals surface area (Å²) < 4.78 is 23.7. The molecule has 0 atom stereocenters. The highest BCUT2D eigenvalue weighted by Gasteiger charge is 2.29. The molecule has 5 heteroatoms. The van der Waals surface area contributed by atoms with Gasteiger partial charge >= 0.3 is 5.97 Å². The Morgan fingerprint density at radius 1 is 1.38 bits per heavy atom. The third-order valence-electron chi connectivity index (χ3n) is 2.59. The van der Waals surface area contributed by atoms with Crippen LogP contribution >= 0.6 is 0 Å². The van der Waals surface area contributed by atoms with Crippen LogP contribution in [0.1, 0.15) is 23.2 Å².